The molecule has 0 saturated carbocycles. The van der Waals surface area contributed by atoms with Crippen LogP contribution >= 0.6 is 0 Å². The Balaban J connectivity index is 2.45. The fraction of sp³-hybridized carbons (Fsp3) is 0.429. The minimum atomic E-state index is -0.329. The molecule has 0 aliphatic carbocycles. The second-order valence-corrected chi connectivity index (χ2v) is 4.50. The number of pyridine rings is 1. The number of methoxy groups -OCH3 is 1. The van der Waals surface area contributed by atoms with Crippen LogP contribution < -0.4 is 10.5 Å². The minimum absolute atomic E-state index is 0.329. The highest BCUT2D eigenvalue weighted by Gasteiger charge is 2.22. The monoisotopic (exact) mass is 260 g/mol. The molecule has 2 aromatic rings. The van der Waals surface area contributed by atoms with Gasteiger partial charge >= 0.3 is 0 Å². The van der Waals surface area contributed by atoms with Gasteiger partial charge in [-0.15, -0.1) is 0 Å². The summed E-state index contributed by atoms with van der Waals surface area (Å²) in [6.45, 7) is 4.93. The van der Waals surface area contributed by atoms with Crippen LogP contribution in [0.2, 0.25) is 0 Å². The van der Waals surface area contributed by atoms with Crippen LogP contribution in [-0.4, -0.2) is 21.9 Å². The maximum atomic E-state index is 6.37. The summed E-state index contributed by atoms with van der Waals surface area (Å²) in [6, 6.07) is 3.59. The molecule has 0 radical (unpaired) electrons. The van der Waals surface area contributed by atoms with E-state index in [1.165, 1.54) is 0 Å². The lowest BCUT2D eigenvalue weighted by atomic mass is 10.1. The van der Waals surface area contributed by atoms with Gasteiger partial charge in [-0.25, -0.2) is 0 Å². The SMILES string of the molecule is CCCn1ncc(OC)c1C(N)c1ncccc1C. The van der Waals surface area contributed by atoms with Gasteiger partial charge in [-0.1, -0.05) is 13.0 Å². The van der Waals surface area contributed by atoms with Gasteiger partial charge in [0.2, 0.25) is 0 Å². The van der Waals surface area contributed by atoms with Gasteiger partial charge in [-0.05, 0) is 25.0 Å². The van der Waals surface area contributed by atoms with E-state index in [-0.39, 0.29) is 6.04 Å². The summed E-state index contributed by atoms with van der Waals surface area (Å²) in [5.74, 6) is 0.714. The molecule has 0 aliphatic rings. The van der Waals surface area contributed by atoms with E-state index in [1.54, 1.807) is 19.5 Å². The molecule has 2 aromatic heterocycles. The van der Waals surface area contributed by atoms with Crippen molar-refractivity contribution in [2.75, 3.05) is 7.11 Å². The van der Waals surface area contributed by atoms with Crippen LogP contribution in [0.4, 0.5) is 0 Å². The van der Waals surface area contributed by atoms with E-state index in [0.717, 1.165) is 29.9 Å². The molecule has 0 aliphatic heterocycles. The Labute approximate surface area is 113 Å². The maximum absolute atomic E-state index is 6.37. The van der Waals surface area contributed by atoms with Crippen LogP contribution in [0.3, 0.4) is 0 Å². The molecular formula is C14H20N4O. The largest absolute Gasteiger partial charge is 0.493 e. The first-order valence-electron chi connectivity index (χ1n) is 6.45. The zero-order valence-corrected chi connectivity index (χ0v) is 11.6. The number of nitrogens with zero attached hydrogens (tertiary/aromatic N) is 3. The van der Waals surface area contributed by atoms with Crippen LogP contribution in [0, 0.1) is 6.92 Å². The molecule has 0 aromatic carbocycles. The quantitative estimate of drug-likeness (QED) is 0.893. The molecular weight excluding hydrogens is 240 g/mol. The Morgan fingerprint density at radius 3 is 2.89 bits per heavy atom. The second kappa shape index (κ2) is 5.84. The first-order chi connectivity index (χ1) is 9.19. The third-order valence-electron chi connectivity index (χ3n) is 3.14. The highest BCUT2D eigenvalue weighted by molar-refractivity contribution is 5.36. The molecule has 2 rings (SSSR count). The van der Waals surface area contributed by atoms with Gasteiger partial charge < -0.3 is 10.5 Å². The third kappa shape index (κ3) is 2.61. The summed E-state index contributed by atoms with van der Waals surface area (Å²) >= 11 is 0. The molecule has 5 nitrogen and oxygen atoms in total. The predicted octanol–water partition coefficient (Wildman–Crippen LogP) is 2.05. The van der Waals surface area contributed by atoms with Gasteiger partial charge in [0.1, 0.15) is 5.69 Å². The average molecular weight is 260 g/mol. The van der Waals surface area contributed by atoms with Crippen molar-refractivity contribution in [1.82, 2.24) is 14.8 Å². The zero-order chi connectivity index (χ0) is 13.8. The van der Waals surface area contributed by atoms with Gasteiger partial charge in [0.25, 0.3) is 0 Å². The van der Waals surface area contributed by atoms with Crippen LogP contribution in [0.15, 0.2) is 24.5 Å². The second-order valence-electron chi connectivity index (χ2n) is 4.50. The number of hydrogen-bond acceptors (Lipinski definition) is 4. The first-order valence-corrected chi connectivity index (χ1v) is 6.45. The molecule has 0 fully saturated rings. The van der Waals surface area contributed by atoms with E-state index in [9.17, 15) is 0 Å². The van der Waals surface area contributed by atoms with Crippen molar-refractivity contribution >= 4 is 0 Å². The van der Waals surface area contributed by atoms with Gasteiger partial charge in [-0.3, -0.25) is 9.67 Å². The summed E-state index contributed by atoms with van der Waals surface area (Å²) in [7, 11) is 1.63. The van der Waals surface area contributed by atoms with Gasteiger partial charge in [-0.2, -0.15) is 5.10 Å². The van der Waals surface area contributed by atoms with Gasteiger partial charge in [0.05, 0.1) is 25.0 Å². The summed E-state index contributed by atoms with van der Waals surface area (Å²) < 4.78 is 7.26. The lowest BCUT2D eigenvalue weighted by molar-refractivity contribution is 0.403. The maximum Gasteiger partial charge on any atom is 0.161 e. The van der Waals surface area contributed by atoms with Crippen molar-refractivity contribution in [3.8, 4) is 5.75 Å². The molecule has 0 bridgehead atoms. The Kier molecular flexibility index (Phi) is 4.16. The zero-order valence-electron chi connectivity index (χ0n) is 11.6. The average Bonchev–Trinajstić information content (AvgIpc) is 2.82. The van der Waals surface area contributed by atoms with E-state index in [0.29, 0.717) is 5.75 Å². The molecule has 2 N–H and O–H groups in total. The van der Waals surface area contributed by atoms with Crippen LogP contribution in [0.1, 0.15) is 36.3 Å². The molecule has 2 heterocycles. The molecule has 19 heavy (non-hydrogen) atoms. The lowest BCUT2D eigenvalue weighted by Crippen LogP contribution is -2.20. The number of hydrogen-bond donors (Lipinski definition) is 1. The van der Waals surface area contributed by atoms with Crippen molar-refractivity contribution in [3.63, 3.8) is 0 Å². The summed E-state index contributed by atoms with van der Waals surface area (Å²) in [6.07, 6.45) is 4.46. The molecule has 1 atom stereocenters. The first kappa shape index (κ1) is 13.5. The van der Waals surface area contributed by atoms with Gasteiger partial charge in [0, 0.05) is 12.7 Å². The fourth-order valence-electron chi connectivity index (χ4n) is 2.19. The number of nitrogens with two attached hydrogens (primary N) is 1. The number of rotatable bonds is 5. The third-order valence-corrected chi connectivity index (χ3v) is 3.14. The Morgan fingerprint density at radius 1 is 1.47 bits per heavy atom. The smallest absolute Gasteiger partial charge is 0.161 e. The summed E-state index contributed by atoms with van der Waals surface area (Å²) in [4.78, 5) is 4.39. The predicted molar refractivity (Wildman–Crippen MR) is 74.1 cm³/mol. The normalized spacial score (nSPS) is 12.4. The minimum Gasteiger partial charge on any atom is -0.493 e. The molecule has 102 valence electrons. The number of aryl methyl sites for hydroxylation is 2. The highest BCUT2D eigenvalue weighted by atomic mass is 16.5. The standard InChI is InChI=1S/C14H20N4O/c1-4-8-18-14(11(19-3)9-17-18)12(15)13-10(2)6-5-7-16-13/h5-7,9,12H,4,8,15H2,1-3H3. The molecule has 5 heteroatoms. The van der Waals surface area contributed by atoms with E-state index in [1.807, 2.05) is 23.7 Å². The molecule has 0 saturated heterocycles. The molecule has 0 spiro atoms. The highest BCUT2D eigenvalue weighted by Crippen LogP contribution is 2.28. The molecule has 1 unspecified atom stereocenters. The summed E-state index contributed by atoms with van der Waals surface area (Å²) in [5, 5.41) is 4.34. The van der Waals surface area contributed by atoms with Crippen LogP contribution in [-0.2, 0) is 6.54 Å². The summed E-state index contributed by atoms with van der Waals surface area (Å²) in [5.41, 5.74) is 9.18. The lowest BCUT2D eigenvalue weighted by Gasteiger charge is -2.16. The van der Waals surface area contributed by atoms with E-state index >= 15 is 0 Å². The number of aromatic nitrogens is 3. The van der Waals surface area contributed by atoms with E-state index in [4.69, 9.17) is 10.5 Å². The van der Waals surface area contributed by atoms with Crippen molar-refractivity contribution in [1.29, 1.82) is 0 Å². The van der Waals surface area contributed by atoms with Crippen LogP contribution in [0.5, 0.6) is 5.75 Å². The molecule has 0 amide bonds. The Hall–Kier alpha value is -1.88. The van der Waals surface area contributed by atoms with E-state index < -0.39 is 0 Å². The van der Waals surface area contributed by atoms with Crippen LogP contribution in [0.25, 0.3) is 0 Å². The Morgan fingerprint density at radius 2 is 2.26 bits per heavy atom. The fourth-order valence-corrected chi connectivity index (χ4v) is 2.19. The Bertz CT molecular complexity index is 550. The van der Waals surface area contributed by atoms with Crippen molar-refractivity contribution in [3.05, 3.63) is 41.5 Å². The van der Waals surface area contributed by atoms with E-state index in [2.05, 4.69) is 17.0 Å². The van der Waals surface area contributed by atoms with Crippen molar-refractivity contribution in [2.45, 2.75) is 32.9 Å². The van der Waals surface area contributed by atoms with Crippen molar-refractivity contribution in [2.24, 2.45) is 5.73 Å². The van der Waals surface area contributed by atoms with Crippen molar-refractivity contribution < 1.29 is 4.74 Å². The number of ether oxygens (including phenoxy) is 1. The topological polar surface area (TPSA) is 66.0 Å². The van der Waals surface area contributed by atoms with Gasteiger partial charge in [0.15, 0.2) is 5.75 Å².